The van der Waals surface area contributed by atoms with E-state index in [2.05, 4.69) is 0 Å². The van der Waals surface area contributed by atoms with Gasteiger partial charge in [0.05, 0.1) is 4.90 Å². The summed E-state index contributed by atoms with van der Waals surface area (Å²) in [7, 11) is -3.22. The average Bonchev–Trinajstić information content (AvgIpc) is 2.38. The van der Waals surface area contributed by atoms with Crippen molar-refractivity contribution in [3.63, 3.8) is 0 Å². The van der Waals surface area contributed by atoms with Gasteiger partial charge < -0.3 is 10.0 Å². The molecule has 2 rings (SSSR count). The molecular formula is C13H17NO4S. The van der Waals surface area contributed by atoms with Crippen LogP contribution in [0.1, 0.15) is 19.3 Å². The summed E-state index contributed by atoms with van der Waals surface area (Å²) in [5, 5.41) is 9.22. The summed E-state index contributed by atoms with van der Waals surface area (Å²) in [6.07, 6.45) is 3.65. The van der Waals surface area contributed by atoms with Gasteiger partial charge in [0, 0.05) is 18.5 Å². The number of anilines is 1. The molecule has 1 aromatic rings. The highest BCUT2D eigenvalue weighted by Gasteiger charge is 2.28. The molecule has 1 saturated heterocycles. The van der Waals surface area contributed by atoms with Crippen molar-refractivity contribution in [2.75, 3.05) is 17.7 Å². The van der Waals surface area contributed by atoms with Gasteiger partial charge in [-0.3, -0.25) is 0 Å². The first-order valence-electron chi connectivity index (χ1n) is 6.19. The zero-order valence-electron chi connectivity index (χ0n) is 10.7. The van der Waals surface area contributed by atoms with E-state index in [1.54, 1.807) is 12.1 Å². The highest BCUT2D eigenvalue weighted by molar-refractivity contribution is 7.90. The van der Waals surface area contributed by atoms with Crippen molar-refractivity contribution >= 4 is 21.5 Å². The number of carbonyl (C=O) groups is 1. The van der Waals surface area contributed by atoms with Gasteiger partial charge in [-0.05, 0) is 43.5 Å². The highest BCUT2D eigenvalue weighted by atomic mass is 32.2. The Hall–Kier alpha value is -1.56. The lowest BCUT2D eigenvalue weighted by molar-refractivity contribution is -0.139. The number of sulfone groups is 1. The van der Waals surface area contributed by atoms with Crippen molar-refractivity contribution in [1.82, 2.24) is 0 Å². The van der Waals surface area contributed by atoms with Crippen LogP contribution in [-0.2, 0) is 14.6 Å². The minimum atomic E-state index is -3.22. The van der Waals surface area contributed by atoms with Gasteiger partial charge in [-0.2, -0.15) is 0 Å². The smallest absolute Gasteiger partial charge is 0.326 e. The van der Waals surface area contributed by atoms with Crippen LogP contribution in [0.2, 0.25) is 0 Å². The molecule has 0 aliphatic carbocycles. The number of rotatable bonds is 3. The van der Waals surface area contributed by atoms with Crippen LogP contribution in [0.3, 0.4) is 0 Å². The van der Waals surface area contributed by atoms with Gasteiger partial charge in [0.1, 0.15) is 6.04 Å². The van der Waals surface area contributed by atoms with Gasteiger partial charge in [0.25, 0.3) is 0 Å². The summed E-state index contributed by atoms with van der Waals surface area (Å²) in [6.45, 7) is 0.690. The zero-order valence-corrected chi connectivity index (χ0v) is 11.6. The predicted octanol–water partition coefficient (Wildman–Crippen LogP) is 1.53. The quantitative estimate of drug-likeness (QED) is 0.910. The molecule has 19 heavy (non-hydrogen) atoms. The van der Waals surface area contributed by atoms with Crippen LogP contribution in [0.4, 0.5) is 5.69 Å². The van der Waals surface area contributed by atoms with E-state index in [4.69, 9.17) is 0 Å². The maximum Gasteiger partial charge on any atom is 0.326 e. The molecule has 0 unspecified atom stereocenters. The minimum absolute atomic E-state index is 0.250. The molecule has 1 heterocycles. The SMILES string of the molecule is CS(=O)(=O)c1ccc(N2CCCC[C@H]2C(=O)O)cc1. The van der Waals surface area contributed by atoms with E-state index < -0.39 is 21.8 Å². The molecule has 1 fully saturated rings. The first-order valence-corrected chi connectivity index (χ1v) is 8.08. The van der Waals surface area contributed by atoms with Crippen molar-refractivity contribution in [2.24, 2.45) is 0 Å². The molecule has 6 heteroatoms. The van der Waals surface area contributed by atoms with Crippen molar-refractivity contribution in [3.8, 4) is 0 Å². The van der Waals surface area contributed by atoms with Crippen molar-refractivity contribution in [2.45, 2.75) is 30.2 Å². The van der Waals surface area contributed by atoms with Crippen LogP contribution < -0.4 is 4.90 Å². The van der Waals surface area contributed by atoms with Crippen molar-refractivity contribution < 1.29 is 18.3 Å². The molecular weight excluding hydrogens is 266 g/mol. The Morgan fingerprint density at radius 2 is 1.89 bits per heavy atom. The lowest BCUT2D eigenvalue weighted by atomic mass is 10.0. The van der Waals surface area contributed by atoms with Crippen LogP contribution in [-0.4, -0.2) is 38.3 Å². The fourth-order valence-electron chi connectivity index (χ4n) is 2.38. The van der Waals surface area contributed by atoms with Crippen LogP contribution in [0.5, 0.6) is 0 Å². The maximum absolute atomic E-state index is 11.4. The van der Waals surface area contributed by atoms with Gasteiger partial charge >= 0.3 is 5.97 Å². The topological polar surface area (TPSA) is 74.7 Å². The first kappa shape index (κ1) is 13.9. The van der Waals surface area contributed by atoms with Crippen molar-refractivity contribution in [1.29, 1.82) is 0 Å². The molecule has 104 valence electrons. The van der Waals surface area contributed by atoms with Gasteiger partial charge in [-0.1, -0.05) is 0 Å². The summed E-state index contributed by atoms with van der Waals surface area (Å²) >= 11 is 0. The van der Waals surface area contributed by atoms with Crippen LogP contribution in [0.25, 0.3) is 0 Å². The summed E-state index contributed by atoms with van der Waals surface area (Å²) < 4.78 is 22.8. The molecule has 0 saturated carbocycles. The second kappa shape index (κ2) is 5.21. The number of carboxylic acid groups (broad SMARTS) is 1. The normalized spacial score (nSPS) is 20.3. The Morgan fingerprint density at radius 3 is 2.42 bits per heavy atom. The number of piperidine rings is 1. The third-order valence-electron chi connectivity index (χ3n) is 3.38. The highest BCUT2D eigenvalue weighted by Crippen LogP contribution is 2.26. The van der Waals surface area contributed by atoms with Gasteiger partial charge in [0.2, 0.25) is 0 Å². The monoisotopic (exact) mass is 283 g/mol. The second-order valence-corrected chi connectivity index (χ2v) is 6.83. The molecule has 0 bridgehead atoms. The Labute approximate surface area is 112 Å². The fourth-order valence-corrected chi connectivity index (χ4v) is 3.01. The maximum atomic E-state index is 11.4. The van der Waals surface area contributed by atoms with E-state index in [1.165, 1.54) is 12.1 Å². The Bertz CT molecular complexity index is 565. The number of carboxylic acids is 1. The number of nitrogens with zero attached hydrogens (tertiary/aromatic N) is 1. The summed E-state index contributed by atoms with van der Waals surface area (Å²) in [5.74, 6) is -0.827. The molecule has 1 N–H and O–H groups in total. The molecule has 0 spiro atoms. The van der Waals surface area contributed by atoms with E-state index >= 15 is 0 Å². The third-order valence-corrected chi connectivity index (χ3v) is 4.51. The Morgan fingerprint density at radius 1 is 1.26 bits per heavy atom. The number of benzene rings is 1. The van der Waals surface area contributed by atoms with Gasteiger partial charge in [-0.15, -0.1) is 0 Å². The number of hydrogen-bond donors (Lipinski definition) is 1. The fraction of sp³-hybridized carbons (Fsp3) is 0.462. The van der Waals surface area contributed by atoms with Crippen LogP contribution in [0, 0.1) is 0 Å². The summed E-state index contributed by atoms with van der Waals surface area (Å²) in [4.78, 5) is 13.3. The standard InChI is InChI=1S/C13H17NO4S/c1-19(17,18)11-7-5-10(6-8-11)14-9-3-2-4-12(14)13(15)16/h5-8,12H,2-4,9H2,1H3,(H,15,16)/t12-/m0/s1. The van der Waals surface area contributed by atoms with E-state index in [0.717, 1.165) is 24.8 Å². The summed E-state index contributed by atoms with van der Waals surface area (Å²) in [5.41, 5.74) is 0.763. The van der Waals surface area contributed by atoms with E-state index in [-0.39, 0.29) is 4.90 Å². The van der Waals surface area contributed by atoms with E-state index in [1.807, 2.05) is 4.90 Å². The van der Waals surface area contributed by atoms with E-state index in [9.17, 15) is 18.3 Å². The zero-order chi connectivity index (χ0) is 14.0. The molecule has 1 aliphatic heterocycles. The number of hydrogen-bond acceptors (Lipinski definition) is 4. The molecule has 0 radical (unpaired) electrons. The van der Waals surface area contributed by atoms with Crippen LogP contribution >= 0.6 is 0 Å². The first-order chi connectivity index (χ1) is 8.89. The minimum Gasteiger partial charge on any atom is -0.480 e. The average molecular weight is 283 g/mol. The molecule has 1 aromatic carbocycles. The molecule has 1 aliphatic rings. The second-order valence-electron chi connectivity index (χ2n) is 4.81. The molecule has 1 atom stereocenters. The Balaban J connectivity index is 2.28. The van der Waals surface area contributed by atoms with Gasteiger partial charge in [-0.25, -0.2) is 13.2 Å². The summed E-state index contributed by atoms with van der Waals surface area (Å²) in [6, 6.07) is 5.89. The van der Waals surface area contributed by atoms with Gasteiger partial charge in [0.15, 0.2) is 9.84 Å². The molecule has 0 amide bonds. The predicted molar refractivity (Wildman–Crippen MR) is 72.2 cm³/mol. The molecule has 0 aromatic heterocycles. The number of aliphatic carboxylic acids is 1. The Kier molecular flexibility index (Phi) is 3.80. The third kappa shape index (κ3) is 3.07. The lowest BCUT2D eigenvalue weighted by Crippen LogP contribution is -2.44. The van der Waals surface area contributed by atoms with Crippen LogP contribution in [0.15, 0.2) is 29.2 Å². The lowest BCUT2D eigenvalue weighted by Gasteiger charge is -2.34. The van der Waals surface area contributed by atoms with E-state index in [0.29, 0.717) is 13.0 Å². The molecule has 5 nitrogen and oxygen atoms in total. The van der Waals surface area contributed by atoms with Crippen molar-refractivity contribution in [3.05, 3.63) is 24.3 Å². The largest absolute Gasteiger partial charge is 0.480 e.